The molecule has 0 unspecified atom stereocenters. The average Bonchev–Trinajstić information content (AvgIpc) is 2.76. The van der Waals surface area contributed by atoms with E-state index >= 15 is 0 Å². The summed E-state index contributed by atoms with van der Waals surface area (Å²) in [5.41, 5.74) is -0.207. The molecule has 0 saturated carbocycles. The fraction of sp³-hybridized carbons (Fsp3) is 0.200. The van der Waals surface area contributed by atoms with E-state index in [0.717, 1.165) is 6.07 Å². The summed E-state index contributed by atoms with van der Waals surface area (Å²) in [6, 6.07) is 1.03. The van der Waals surface area contributed by atoms with Gasteiger partial charge in [0.2, 0.25) is 5.56 Å². The average molecular weight is 234 g/mol. The Balaban J connectivity index is 2.67. The number of carboxylic acids is 1. The van der Waals surface area contributed by atoms with Crippen molar-refractivity contribution in [2.24, 2.45) is 0 Å². The van der Waals surface area contributed by atoms with Gasteiger partial charge < -0.3 is 10.1 Å². The first kappa shape index (κ1) is 11.1. The summed E-state index contributed by atoms with van der Waals surface area (Å²) in [5.74, 6) is -0.752. The maximum absolute atomic E-state index is 11.1. The summed E-state index contributed by atoms with van der Waals surface area (Å²) >= 11 is 0. The van der Waals surface area contributed by atoms with Crippen LogP contribution in [-0.2, 0) is 6.54 Å². The molecular formula is C10H10N4O3. The molecule has 0 spiro atoms. The highest BCUT2D eigenvalue weighted by Crippen LogP contribution is 2.19. The van der Waals surface area contributed by atoms with Crippen LogP contribution in [-0.4, -0.2) is 30.8 Å². The number of aromatic carboxylic acids is 1. The van der Waals surface area contributed by atoms with Gasteiger partial charge in [-0.1, -0.05) is 0 Å². The van der Waals surface area contributed by atoms with Crippen molar-refractivity contribution in [2.45, 2.75) is 13.5 Å². The first-order valence-corrected chi connectivity index (χ1v) is 4.97. The highest BCUT2D eigenvalue weighted by Gasteiger charge is 2.16. The molecule has 2 aromatic heterocycles. The summed E-state index contributed by atoms with van der Waals surface area (Å²) in [5, 5.41) is 13.0. The number of hydrogen-bond donors (Lipinski definition) is 2. The zero-order valence-corrected chi connectivity index (χ0v) is 9.04. The van der Waals surface area contributed by atoms with Crippen molar-refractivity contribution >= 4 is 5.97 Å². The van der Waals surface area contributed by atoms with Gasteiger partial charge in [-0.15, -0.1) is 0 Å². The predicted molar refractivity (Wildman–Crippen MR) is 58.7 cm³/mol. The van der Waals surface area contributed by atoms with Crippen LogP contribution in [0.15, 0.2) is 23.4 Å². The summed E-state index contributed by atoms with van der Waals surface area (Å²) in [7, 11) is 0. The Labute approximate surface area is 95.7 Å². The van der Waals surface area contributed by atoms with E-state index in [-0.39, 0.29) is 5.56 Å². The van der Waals surface area contributed by atoms with E-state index in [1.807, 2.05) is 6.92 Å². The van der Waals surface area contributed by atoms with E-state index < -0.39 is 11.5 Å². The molecule has 0 aliphatic rings. The van der Waals surface area contributed by atoms with Crippen molar-refractivity contribution in [1.29, 1.82) is 0 Å². The normalized spacial score (nSPS) is 10.4. The van der Waals surface area contributed by atoms with Crippen LogP contribution in [0.2, 0.25) is 0 Å². The molecule has 0 radical (unpaired) electrons. The number of hydrogen-bond acceptors (Lipinski definition) is 4. The number of aryl methyl sites for hydroxylation is 1. The number of carboxylic acid groups (broad SMARTS) is 1. The van der Waals surface area contributed by atoms with Gasteiger partial charge >= 0.3 is 5.97 Å². The minimum absolute atomic E-state index is 0.0866. The van der Waals surface area contributed by atoms with E-state index in [1.54, 1.807) is 4.68 Å². The lowest BCUT2D eigenvalue weighted by Gasteiger charge is -2.05. The molecule has 7 heteroatoms. The molecule has 7 nitrogen and oxygen atoms in total. The van der Waals surface area contributed by atoms with Gasteiger partial charge in [-0.25, -0.2) is 14.5 Å². The predicted octanol–water partition coefficient (Wildman–Crippen LogP) is 0.351. The van der Waals surface area contributed by atoms with Gasteiger partial charge in [-0.2, -0.15) is 5.10 Å². The zero-order chi connectivity index (χ0) is 12.4. The number of aromatic nitrogens is 4. The number of aromatic amines is 1. The molecule has 0 aliphatic carbocycles. The molecule has 88 valence electrons. The molecule has 2 heterocycles. The zero-order valence-electron chi connectivity index (χ0n) is 9.04. The highest BCUT2D eigenvalue weighted by molar-refractivity contribution is 5.94. The van der Waals surface area contributed by atoms with Crippen LogP contribution in [0.4, 0.5) is 0 Å². The van der Waals surface area contributed by atoms with Crippen molar-refractivity contribution < 1.29 is 9.90 Å². The van der Waals surface area contributed by atoms with Crippen LogP contribution >= 0.6 is 0 Å². The van der Waals surface area contributed by atoms with Crippen LogP contribution in [0, 0.1) is 0 Å². The SMILES string of the molecule is CCn1ncnc1-c1c[nH]c(=O)cc1C(=O)O. The maximum Gasteiger partial charge on any atom is 0.336 e. The Morgan fingerprint density at radius 3 is 3.00 bits per heavy atom. The van der Waals surface area contributed by atoms with Crippen molar-refractivity contribution in [3.05, 3.63) is 34.5 Å². The number of pyridine rings is 1. The van der Waals surface area contributed by atoms with Gasteiger partial charge in [-0.3, -0.25) is 4.79 Å². The van der Waals surface area contributed by atoms with Gasteiger partial charge in [0.05, 0.1) is 5.56 Å². The van der Waals surface area contributed by atoms with E-state index in [2.05, 4.69) is 15.1 Å². The van der Waals surface area contributed by atoms with Crippen molar-refractivity contribution in [3.63, 3.8) is 0 Å². The van der Waals surface area contributed by atoms with E-state index in [1.165, 1.54) is 12.5 Å². The maximum atomic E-state index is 11.1. The van der Waals surface area contributed by atoms with Crippen LogP contribution in [0.1, 0.15) is 17.3 Å². The Bertz CT molecular complexity index is 614. The second-order valence-corrected chi connectivity index (χ2v) is 3.33. The quantitative estimate of drug-likeness (QED) is 0.798. The molecule has 2 aromatic rings. The minimum atomic E-state index is -1.17. The molecule has 2 rings (SSSR count). The smallest absolute Gasteiger partial charge is 0.336 e. The lowest BCUT2D eigenvalue weighted by Crippen LogP contribution is -2.12. The summed E-state index contributed by atoms with van der Waals surface area (Å²) in [4.78, 5) is 28.6. The van der Waals surface area contributed by atoms with Gasteiger partial charge in [0, 0.05) is 24.4 Å². The van der Waals surface area contributed by atoms with E-state index in [9.17, 15) is 9.59 Å². The fourth-order valence-corrected chi connectivity index (χ4v) is 1.54. The van der Waals surface area contributed by atoms with Gasteiger partial charge in [0.15, 0.2) is 5.82 Å². The van der Waals surface area contributed by atoms with Crippen molar-refractivity contribution in [2.75, 3.05) is 0 Å². The van der Waals surface area contributed by atoms with Crippen molar-refractivity contribution in [1.82, 2.24) is 19.7 Å². The number of nitrogens with zero attached hydrogens (tertiary/aromatic N) is 3. The number of H-pyrrole nitrogens is 1. The second kappa shape index (κ2) is 4.20. The standard InChI is InChI=1S/C10H10N4O3/c1-2-14-9(12-5-13-14)7-4-11-8(15)3-6(7)10(16)17/h3-5H,2H2,1H3,(H,11,15)(H,16,17). The number of rotatable bonds is 3. The summed E-state index contributed by atoms with van der Waals surface area (Å²) < 4.78 is 1.56. The van der Waals surface area contributed by atoms with Gasteiger partial charge in [0.25, 0.3) is 0 Å². The van der Waals surface area contributed by atoms with Crippen LogP contribution in [0.25, 0.3) is 11.4 Å². The molecule has 0 amide bonds. The molecule has 17 heavy (non-hydrogen) atoms. The highest BCUT2D eigenvalue weighted by atomic mass is 16.4. The van der Waals surface area contributed by atoms with E-state index in [4.69, 9.17) is 5.11 Å². The van der Waals surface area contributed by atoms with Crippen LogP contribution in [0.5, 0.6) is 0 Å². The number of carbonyl (C=O) groups is 1. The molecule has 0 aromatic carbocycles. The second-order valence-electron chi connectivity index (χ2n) is 3.33. The Kier molecular flexibility index (Phi) is 2.73. The molecule has 0 atom stereocenters. The molecule has 0 saturated heterocycles. The minimum Gasteiger partial charge on any atom is -0.478 e. The molecule has 0 bridgehead atoms. The monoisotopic (exact) mass is 234 g/mol. The topological polar surface area (TPSA) is 101 Å². The lowest BCUT2D eigenvalue weighted by atomic mass is 10.1. The first-order valence-electron chi connectivity index (χ1n) is 4.97. The largest absolute Gasteiger partial charge is 0.478 e. The van der Waals surface area contributed by atoms with Gasteiger partial charge in [-0.05, 0) is 6.92 Å². The summed E-state index contributed by atoms with van der Waals surface area (Å²) in [6.07, 6.45) is 2.68. The Hall–Kier alpha value is -2.44. The summed E-state index contributed by atoms with van der Waals surface area (Å²) in [6.45, 7) is 2.43. The van der Waals surface area contributed by atoms with Crippen LogP contribution < -0.4 is 5.56 Å². The Morgan fingerprint density at radius 1 is 1.59 bits per heavy atom. The van der Waals surface area contributed by atoms with Crippen molar-refractivity contribution in [3.8, 4) is 11.4 Å². The van der Waals surface area contributed by atoms with Gasteiger partial charge in [0.1, 0.15) is 6.33 Å². The third kappa shape index (κ3) is 1.94. The first-order chi connectivity index (χ1) is 8.13. The molecule has 2 N–H and O–H groups in total. The molecule has 0 fully saturated rings. The number of nitrogens with one attached hydrogen (secondary N) is 1. The Morgan fingerprint density at radius 2 is 2.35 bits per heavy atom. The third-order valence-electron chi connectivity index (χ3n) is 2.31. The third-order valence-corrected chi connectivity index (χ3v) is 2.31. The molecule has 0 aliphatic heterocycles. The van der Waals surface area contributed by atoms with E-state index in [0.29, 0.717) is 17.9 Å². The molecular weight excluding hydrogens is 224 g/mol. The fourth-order valence-electron chi connectivity index (χ4n) is 1.54. The lowest BCUT2D eigenvalue weighted by molar-refractivity contribution is 0.0697. The van der Waals surface area contributed by atoms with Crippen LogP contribution in [0.3, 0.4) is 0 Å².